The fraction of sp³-hybridized carbons (Fsp3) is 0.300. The van der Waals surface area contributed by atoms with Crippen LogP contribution < -0.4 is 5.73 Å². The maximum atomic E-state index is 10.00. The summed E-state index contributed by atoms with van der Waals surface area (Å²) in [6.45, 7) is 0. The van der Waals surface area contributed by atoms with Gasteiger partial charge in [0, 0.05) is 4.99 Å². The molecule has 2 aromatic heterocycles. The first-order valence-corrected chi connectivity index (χ1v) is 6.31. The molecule has 0 amide bonds. The lowest BCUT2D eigenvalue weighted by Gasteiger charge is -2.15. The van der Waals surface area contributed by atoms with Gasteiger partial charge in [-0.05, 0) is 0 Å². The summed E-state index contributed by atoms with van der Waals surface area (Å²) in [7, 11) is 0. The van der Waals surface area contributed by atoms with Crippen LogP contribution in [0.25, 0.3) is 11.2 Å². The smallest absolute Gasteiger partial charge is 0.207 e. The zero-order valence-corrected chi connectivity index (χ0v) is 11.1. The Balaban J connectivity index is 2.09. The molecule has 2 unspecified atom stereocenters. The van der Waals surface area contributed by atoms with Gasteiger partial charge in [-0.2, -0.15) is 0 Å². The van der Waals surface area contributed by atoms with Crippen molar-refractivity contribution in [3.05, 3.63) is 23.4 Å². The molecule has 0 radical (unpaired) electrons. The third-order valence-corrected chi connectivity index (χ3v) is 3.38. The topological polar surface area (TPSA) is 119 Å². The van der Waals surface area contributed by atoms with E-state index in [0.29, 0.717) is 11.2 Å². The van der Waals surface area contributed by atoms with Crippen LogP contribution in [0.5, 0.6) is 0 Å². The van der Waals surface area contributed by atoms with E-state index in [4.69, 9.17) is 10.5 Å². The Morgan fingerprint density at radius 3 is 2.84 bits per heavy atom. The molecule has 1 saturated heterocycles. The molecule has 0 spiro atoms. The van der Waals surface area contributed by atoms with Gasteiger partial charge >= 0.3 is 0 Å². The average molecular weight is 328 g/mol. The van der Waals surface area contributed by atoms with Crippen molar-refractivity contribution in [2.24, 2.45) is 0 Å². The van der Waals surface area contributed by atoms with Gasteiger partial charge in [0.25, 0.3) is 0 Å². The molecule has 0 saturated carbocycles. The quantitative estimate of drug-likeness (QED) is 0.668. The predicted molar refractivity (Wildman–Crippen MR) is 68.9 cm³/mol. The van der Waals surface area contributed by atoms with Crippen LogP contribution in [0, 0.1) is 0 Å². The van der Waals surface area contributed by atoms with Gasteiger partial charge in [-0.3, -0.25) is 4.57 Å². The van der Waals surface area contributed by atoms with Gasteiger partial charge in [0.1, 0.15) is 36.1 Å². The monoisotopic (exact) mass is 327 g/mol. The van der Waals surface area contributed by atoms with Crippen molar-refractivity contribution in [3.8, 4) is 0 Å². The maximum Gasteiger partial charge on any atom is 0.207 e. The van der Waals surface area contributed by atoms with Gasteiger partial charge in [0.2, 0.25) is 6.23 Å². The molecule has 1 fully saturated rings. The molecule has 2 aromatic rings. The fourth-order valence-corrected chi connectivity index (χ4v) is 2.35. The lowest BCUT2D eigenvalue weighted by molar-refractivity contribution is -0.0118. The first-order valence-electron chi connectivity index (χ1n) is 5.39. The number of nitrogens with zero attached hydrogens (tertiary/aromatic N) is 4. The molecule has 4 N–H and O–H groups in total. The minimum atomic E-state index is -1.13. The number of imidazole rings is 1. The molecule has 9 heteroatoms. The Morgan fingerprint density at radius 2 is 2.16 bits per heavy atom. The number of nitrogen functional groups attached to an aromatic ring is 1. The molecule has 1 aliphatic heterocycles. The molecule has 1 aliphatic rings. The molecular formula is C10H10BrN5O3. The third-order valence-electron chi connectivity index (χ3n) is 2.93. The Bertz CT molecular complexity index is 658. The Morgan fingerprint density at radius 1 is 1.37 bits per heavy atom. The molecule has 100 valence electrons. The predicted octanol–water partition coefficient (Wildman–Crippen LogP) is -0.105. The second kappa shape index (κ2) is 4.44. The Hall–Kier alpha value is -1.71. The number of aliphatic hydroxyl groups excluding tert-OH is 2. The lowest BCUT2D eigenvalue weighted by atomic mass is 10.2. The van der Waals surface area contributed by atoms with Crippen molar-refractivity contribution >= 4 is 32.9 Å². The van der Waals surface area contributed by atoms with Gasteiger partial charge < -0.3 is 20.7 Å². The van der Waals surface area contributed by atoms with Crippen molar-refractivity contribution in [3.63, 3.8) is 0 Å². The first-order chi connectivity index (χ1) is 9.13. The van der Waals surface area contributed by atoms with Crippen LogP contribution >= 0.6 is 15.9 Å². The minimum Gasteiger partial charge on any atom is -0.468 e. The lowest BCUT2D eigenvalue weighted by Crippen LogP contribution is -2.27. The third kappa shape index (κ3) is 1.78. The number of aliphatic hydroxyl groups is 2. The summed E-state index contributed by atoms with van der Waals surface area (Å²) >= 11 is 3.07. The zero-order chi connectivity index (χ0) is 13.6. The van der Waals surface area contributed by atoms with E-state index in [2.05, 4.69) is 30.9 Å². The summed E-state index contributed by atoms with van der Waals surface area (Å²) in [6.07, 6.45) is -0.320. The minimum absolute atomic E-state index is 0.237. The zero-order valence-electron chi connectivity index (χ0n) is 9.51. The number of nitrogens with two attached hydrogens (primary N) is 1. The molecule has 3 rings (SSSR count). The van der Waals surface area contributed by atoms with Crippen LogP contribution in [0.1, 0.15) is 6.23 Å². The maximum absolute atomic E-state index is 10.00. The second-order valence-corrected chi connectivity index (χ2v) is 4.50. The van der Waals surface area contributed by atoms with Crippen LogP contribution in [0.2, 0.25) is 0 Å². The van der Waals surface area contributed by atoms with Crippen molar-refractivity contribution < 1.29 is 14.9 Å². The molecule has 3 heterocycles. The highest BCUT2D eigenvalue weighted by Gasteiger charge is 2.41. The van der Waals surface area contributed by atoms with E-state index in [1.165, 1.54) is 22.2 Å². The average Bonchev–Trinajstić information content (AvgIpc) is 2.94. The number of halogens is 1. The summed E-state index contributed by atoms with van der Waals surface area (Å²) in [4.78, 5) is 13.4. The van der Waals surface area contributed by atoms with Crippen molar-refractivity contribution in [1.29, 1.82) is 0 Å². The SMILES string of the molecule is Nc1ncnc2c1ncn2[C@@H]1O/C(=C\Br)C(O)C1O. The molecule has 0 bridgehead atoms. The van der Waals surface area contributed by atoms with Crippen LogP contribution in [0.15, 0.2) is 23.4 Å². The van der Waals surface area contributed by atoms with Gasteiger partial charge in [0.15, 0.2) is 11.5 Å². The second-order valence-electron chi connectivity index (χ2n) is 4.04. The summed E-state index contributed by atoms with van der Waals surface area (Å²) in [6, 6.07) is 0. The molecule has 3 atom stereocenters. The summed E-state index contributed by atoms with van der Waals surface area (Å²) in [5.74, 6) is 0.481. The van der Waals surface area contributed by atoms with E-state index in [1.807, 2.05) is 0 Å². The highest BCUT2D eigenvalue weighted by molar-refractivity contribution is 9.11. The van der Waals surface area contributed by atoms with Crippen LogP contribution in [-0.2, 0) is 4.74 Å². The van der Waals surface area contributed by atoms with E-state index in [1.54, 1.807) is 0 Å². The van der Waals surface area contributed by atoms with Gasteiger partial charge in [-0.1, -0.05) is 15.9 Å². The standard InChI is InChI=1S/C10H10BrN5O3/c11-1-4-6(17)7(18)10(19-4)16-3-15-5-8(12)13-2-14-9(5)16/h1-3,6-7,10,17-18H,(H2,12,13,14)/b4-1-/t6?,7?,10-/m1/s1. The number of anilines is 1. The summed E-state index contributed by atoms with van der Waals surface area (Å²) < 4.78 is 6.97. The van der Waals surface area contributed by atoms with Crippen LogP contribution in [-0.4, -0.2) is 41.9 Å². The van der Waals surface area contributed by atoms with Crippen molar-refractivity contribution in [2.75, 3.05) is 5.73 Å². The summed E-state index contributed by atoms with van der Waals surface area (Å²) in [5.41, 5.74) is 6.54. The molecule has 0 aromatic carbocycles. The number of rotatable bonds is 1. The normalized spacial score (nSPS) is 29.0. The highest BCUT2D eigenvalue weighted by Crippen LogP contribution is 2.34. The molecule has 0 aliphatic carbocycles. The van der Waals surface area contributed by atoms with E-state index in [9.17, 15) is 10.2 Å². The molecule has 8 nitrogen and oxygen atoms in total. The van der Waals surface area contributed by atoms with Crippen LogP contribution in [0.3, 0.4) is 0 Å². The number of hydrogen-bond acceptors (Lipinski definition) is 7. The van der Waals surface area contributed by atoms with Crippen LogP contribution in [0.4, 0.5) is 5.82 Å². The van der Waals surface area contributed by atoms with Crippen molar-refractivity contribution in [1.82, 2.24) is 19.5 Å². The summed E-state index contributed by atoms with van der Waals surface area (Å²) in [5, 5.41) is 19.8. The van der Waals surface area contributed by atoms with E-state index >= 15 is 0 Å². The number of ether oxygens (including phenoxy) is 1. The number of fused-ring (bicyclic) bond motifs is 1. The highest BCUT2D eigenvalue weighted by atomic mass is 79.9. The van der Waals surface area contributed by atoms with Gasteiger partial charge in [-0.15, -0.1) is 0 Å². The Kier molecular flexibility index (Phi) is 2.88. The van der Waals surface area contributed by atoms with Crippen molar-refractivity contribution in [2.45, 2.75) is 18.4 Å². The number of aromatic nitrogens is 4. The fourth-order valence-electron chi connectivity index (χ4n) is 1.97. The van der Waals surface area contributed by atoms with Gasteiger partial charge in [0.05, 0.1) is 0 Å². The largest absolute Gasteiger partial charge is 0.468 e. The van der Waals surface area contributed by atoms with Gasteiger partial charge in [-0.25, -0.2) is 15.0 Å². The van der Waals surface area contributed by atoms with E-state index < -0.39 is 18.4 Å². The molecular weight excluding hydrogens is 318 g/mol. The number of hydrogen-bond donors (Lipinski definition) is 3. The Labute approximate surface area is 115 Å². The van der Waals surface area contributed by atoms with E-state index in [-0.39, 0.29) is 11.6 Å². The van der Waals surface area contributed by atoms with E-state index in [0.717, 1.165) is 0 Å². The first kappa shape index (κ1) is 12.3. The molecule has 19 heavy (non-hydrogen) atoms.